The van der Waals surface area contributed by atoms with Crippen LogP contribution in [-0.4, -0.2) is 30.3 Å². The summed E-state index contributed by atoms with van der Waals surface area (Å²) in [5.41, 5.74) is 3.13. The van der Waals surface area contributed by atoms with Crippen molar-refractivity contribution < 1.29 is 9.18 Å². The van der Waals surface area contributed by atoms with E-state index >= 15 is 0 Å². The summed E-state index contributed by atoms with van der Waals surface area (Å²) in [6.07, 6.45) is 3.12. The van der Waals surface area contributed by atoms with Gasteiger partial charge in [0.1, 0.15) is 5.82 Å². The second-order valence-corrected chi connectivity index (χ2v) is 6.38. The van der Waals surface area contributed by atoms with Crippen LogP contribution in [0.1, 0.15) is 29.3 Å². The number of carbonyl (C=O) groups is 1. The third-order valence-electron chi connectivity index (χ3n) is 4.55. The molecule has 0 saturated heterocycles. The van der Waals surface area contributed by atoms with Gasteiger partial charge in [-0.1, -0.05) is 55.5 Å². The number of carbonyl (C=O) groups excluding carboxylic acids is 1. The molecule has 3 heteroatoms. The summed E-state index contributed by atoms with van der Waals surface area (Å²) in [5, 5.41) is 0. The number of rotatable bonds is 5. The summed E-state index contributed by atoms with van der Waals surface area (Å²) >= 11 is 0. The van der Waals surface area contributed by atoms with E-state index in [2.05, 4.69) is 11.0 Å². The van der Waals surface area contributed by atoms with Crippen LogP contribution < -0.4 is 0 Å². The molecular weight excluding hydrogens is 301 g/mol. The molecule has 1 aliphatic heterocycles. The fourth-order valence-corrected chi connectivity index (χ4v) is 3.16. The minimum atomic E-state index is -0.204. The highest BCUT2D eigenvalue weighted by Gasteiger charge is 2.20. The van der Waals surface area contributed by atoms with Crippen LogP contribution in [-0.2, 0) is 0 Å². The van der Waals surface area contributed by atoms with Crippen molar-refractivity contribution in [2.75, 3.05) is 19.6 Å². The van der Waals surface area contributed by atoms with Gasteiger partial charge >= 0.3 is 0 Å². The van der Waals surface area contributed by atoms with Crippen LogP contribution in [0.3, 0.4) is 0 Å². The van der Waals surface area contributed by atoms with E-state index in [4.69, 9.17) is 0 Å². The number of nitrogens with zero attached hydrogens (tertiary/aromatic N) is 1. The largest absolute Gasteiger partial charge is 0.299 e. The molecule has 1 aliphatic rings. The molecule has 124 valence electrons. The van der Waals surface area contributed by atoms with E-state index in [1.807, 2.05) is 49.4 Å². The molecule has 3 rings (SSSR count). The molecule has 0 saturated carbocycles. The van der Waals surface area contributed by atoms with E-state index < -0.39 is 0 Å². The van der Waals surface area contributed by atoms with Crippen LogP contribution in [0.5, 0.6) is 0 Å². The molecule has 2 aromatic carbocycles. The first-order chi connectivity index (χ1) is 11.6. The van der Waals surface area contributed by atoms with E-state index in [1.165, 1.54) is 17.7 Å². The maximum Gasteiger partial charge on any atom is 0.166 e. The minimum Gasteiger partial charge on any atom is -0.299 e. The summed E-state index contributed by atoms with van der Waals surface area (Å²) in [7, 11) is 0. The Labute approximate surface area is 142 Å². The fraction of sp³-hybridized carbons (Fsp3) is 0.286. The molecule has 0 aromatic heterocycles. The smallest absolute Gasteiger partial charge is 0.166 e. The van der Waals surface area contributed by atoms with Crippen molar-refractivity contribution in [3.63, 3.8) is 0 Å². The van der Waals surface area contributed by atoms with Crippen molar-refractivity contribution in [2.24, 2.45) is 5.92 Å². The Morgan fingerprint density at radius 3 is 2.46 bits per heavy atom. The van der Waals surface area contributed by atoms with E-state index in [0.717, 1.165) is 37.2 Å². The van der Waals surface area contributed by atoms with E-state index in [1.54, 1.807) is 0 Å². The topological polar surface area (TPSA) is 20.3 Å². The molecule has 2 nitrogen and oxygen atoms in total. The maximum absolute atomic E-state index is 13.0. The van der Waals surface area contributed by atoms with Crippen molar-refractivity contribution in [2.45, 2.75) is 13.3 Å². The van der Waals surface area contributed by atoms with Crippen molar-refractivity contribution in [3.8, 4) is 0 Å². The van der Waals surface area contributed by atoms with Crippen LogP contribution in [0.15, 0.2) is 60.7 Å². The fourth-order valence-electron chi connectivity index (χ4n) is 3.16. The lowest BCUT2D eigenvalue weighted by molar-refractivity contribution is 0.0898. The predicted molar refractivity (Wildman–Crippen MR) is 95.4 cm³/mol. The number of ketones is 1. The van der Waals surface area contributed by atoms with Gasteiger partial charge in [0.2, 0.25) is 0 Å². The SMILES string of the molecule is CC(CN1CC=C(c2ccc(F)cc2)CC1)C(=O)c1ccccc1. The zero-order valence-electron chi connectivity index (χ0n) is 13.9. The molecule has 0 aliphatic carbocycles. The van der Waals surface area contributed by atoms with Crippen LogP contribution in [0.25, 0.3) is 5.57 Å². The average Bonchev–Trinajstić information content (AvgIpc) is 2.63. The summed E-state index contributed by atoms with van der Waals surface area (Å²) in [6.45, 7) is 4.52. The lowest BCUT2D eigenvalue weighted by Crippen LogP contribution is -2.35. The molecule has 0 fully saturated rings. The van der Waals surface area contributed by atoms with E-state index in [9.17, 15) is 9.18 Å². The summed E-state index contributed by atoms with van der Waals surface area (Å²) in [4.78, 5) is 14.8. The van der Waals surface area contributed by atoms with Crippen molar-refractivity contribution in [3.05, 3.63) is 77.6 Å². The molecule has 24 heavy (non-hydrogen) atoms. The Morgan fingerprint density at radius 1 is 1.12 bits per heavy atom. The first-order valence-corrected chi connectivity index (χ1v) is 8.40. The number of hydrogen-bond acceptors (Lipinski definition) is 2. The number of halogens is 1. The molecule has 1 unspecified atom stereocenters. The molecule has 0 radical (unpaired) electrons. The van der Waals surface area contributed by atoms with Crippen LogP contribution in [0.4, 0.5) is 4.39 Å². The number of benzene rings is 2. The van der Waals surface area contributed by atoms with Crippen molar-refractivity contribution in [1.82, 2.24) is 4.90 Å². The van der Waals surface area contributed by atoms with Gasteiger partial charge in [0.25, 0.3) is 0 Å². The van der Waals surface area contributed by atoms with Crippen molar-refractivity contribution in [1.29, 1.82) is 0 Å². The Kier molecular flexibility index (Phi) is 5.21. The van der Waals surface area contributed by atoms with Gasteiger partial charge in [-0.3, -0.25) is 9.69 Å². The minimum absolute atomic E-state index is 0.0202. The van der Waals surface area contributed by atoms with Crippen molar-refractivity contribution >= 4 is 11.4 Å². The molecule has 1 atom stereocenters. The third kappa shape index (κ3) is 3.98. The lowest BCUT2D eigenvalue weighted by Gasteiger charge is -2.28. The highest BCUT2D eigenvalue weighted by Crippen LogP contribution is 2.23. The van der Waals surface area contributed by atoms with Crippen LogP contribution >= 0.6 is 0 Å². The van der Waals surface area contributed by atoms with Gasteiger partial charge in [-0.15, -0.1) is 0 Å². The highest BCUT2D eigenvalue weighted by atomic mass is 19.1. The van der Waals surface area contributed by atoms with E-state index in [-0.39, 0.29) is 17.5 Å². The lowest BCUT2D eigenvalue weighted by atomic mass is 9.96. The quantitative estimate of drug-likeness (QED) is 0.759. The van der Waals surface area contributed by atoms with Gasteiger partial charge in [0.15, 0.2) is 5.78 Å². The summed E-state index contributed by atoms with van der Waals surface area (Å²) in [6, 6.07) is 16.1. The third-order valence-corrected chi connectivity index (χ3v) is 4.55. The van der Waals surface area contributed by atoms with Crippen LogP contribution in [0, 0.1) is 11.7 Å². The van der Waals surface area contributed by atoms with Crippen LogP contribution in [0.2, 0.25) is 0 Å². The Morgan fingerprint density at radius 2 is 1.83 bits per heavy atom. The zero-order chi connectivity index (χ0) is 16.9. The predicted octanol–water partition coefficient (Wildman–Crippen LogP) is 4.43. The Hall–Kier alpha value is -2.26. The second-order valence-electron chi connectivity index (χ2n) is 6.38. The highest BCUT2D eigenvalue weighted by molar-refractivity contribution is 5.97. The average molecular weight is 323 g/mol. The van der Waals surface area contributed by atoms with E-state index in [0.29, 0.717) is 0 Å². The van der Waals surface area contributed by atoms with Gasteiger partial charge in [-0.05, 0) is 29.7 Å². The first-order valence-electron chi connectivity index (χ1n) is 8.40. The van der Waals surface area contributed by atoms with Gasteiger partial charge in [0.05, 0.1) is 0 Å². The summed E-state index contributed by atoms with van der Waals surface area (Å²) < 4.78 is 13.0. The number of hydrogen-bond donors (Lipinski definition) is 0. The zero-order valence-corrected chi connectivity index (χ0v) is 13.9. The monoisotopic (exact) mass is 323 g/mol. The molecule has 1 heterocycles. The number of Topliss-reactive ketones (excluding diaryl/α,β-unsaturated/α-hetero) is 1. The normalized spacial score (nSPS) is 16.5. The maximum atomic E-state index is 13.0. The summed E-state index contributed by atoms with van der Waals surface area (Å²) in [5.74, 6) is -0.0258. The first kappa shape index (κ1) is 16.6. The molecule has 0 amide bonds. The molecule has 0 spiro atoms. The molecular formula is C21H22FNO. The Balaban J connectivity index is 1.58. The van der Waals surface area contributed by atoms with Gasteiger partial charge in [-0.2, -0.15) is 0 Å². The van der Waals surface area contributed by atoms with Gasteiger partial charge < -0.3 is 0 Å². The molecule has 0 N–H and O–H groups in total. The second kappa shape index (κ2) is 7.54. The van der Waals surface area contributed by atoms with Gasteiger partial charge in [0, 0.05) is 31.1 Å². The molecule has 0 bridgehead atoms. The molecule has 2 aromatic rings. The Bertz CT molecular complexity index is 721. The van der Waals surface area contributed by atoms with Gasteiger partial charge in [-0.25, -0.2) is 4.39 Å². The standard InChI is InChI=1S/C21H22FNO/c1-16(21(24)19-5-3-2-4-6-19)15-23-13-11-18(12-14-23)17-7-9-20(22)10-8-17/h2-11,16H,12-15H2,1H3.